The Hall–Kier alpha value is -2.19. The van der Waals surface area contributed by atoms with Crippen molar-refractivity contribution in [2.75, 3.05) is 37.4 Å². The first-order chi connectivity index (χ1) is 14.9. The van der Waals surface area contributed by atoms with Crippen LogP contribution in [-0.4, -0.2) is 55.2 Å². The normalized spacial score (nSPS) is 18.1. The molecule has 168 valence electrons. The van der Waals surface area contributed by atoms with Crippen molar-refractivity contribution in [2.45, 2.75) is 45.6 Å². The van der Waals surface area contributed by atoms with Crippen molar-refractivity contribution in [3.63, 3.8) is 0 Å². The standard InChI is InChI=1S/C23H32N4O3S/c1-3-18-15-24-23(25-16-18)26-10-6-19(7-11-26)9-13-30-22-5-4-21-17-27(31(2,28)29)12-8-20(21)14-22/h4-5,14-16,19H,3,6-13,17H2,1-2H3. The first-order valence-electron chi connectivity index (χ1n) is 11.2. The molecule has 7 nitrogen and oxygen atoms in total. The number of anilines is 1. The van der Waals surface area contributed by atoms with Crippen LogP contribution in [0.25, 0.3) is 0 Å². The molecule has 2 aromatic rings. The van der Waals surface area contributed by atoms with Crippen LogP contribution in [0.15, 0.2) is 30.6 Å². The van der Waals surface area contributed by atoms with E-state index in [4.69, 9.17) is 4.74 Å². The van der Waals surface area contributed by atoms with Crippen LogP contribution >= 0.6 is 0 Å². The van der Waals surface area contributed by atoms with Gasteiger partial charge in [-0.25, -0.2) is 18.4 Å². The summed E-state index contributed by atoms with van der Waals surface area (Å²) >= 11 is 0. The number of ether oxygens (including phenoxy) is 1. The zero-order valence-electron chi connectivity index (χ0n) is 18.5. The summed E-state index contributed by atoms with van der Waals surface area (Å²) in [5.41, 5.74) is 3.44. The van der Waals surface area contributed by atoms with Gasteiger partial charge in [-0.1, -0.05) is 13.0 Å². The fourth-order valence-electron chi connectivity index (χ4n) is 4.34. The van der Waals surface area contributed by atoms with Crippen LogP contribution in [0.3, 0.4) is 0 Å². The average molecular weight is 445 g/mol. The number of nitrogens with zero attached hydrogens (tertiary/aromatic N) is 4. The number of hydrogen-bond donors (Lipinski definition) is 0. The van der Waals surface area contributed by atoms with Gasteiger partial charge in [-0.15, -0.1) is 0 Å². The number of benzene rings is 1. The van der Waals surface area contributed by atoms with Gasteiger partial charge in [0.15, 0.2) is 0 Å². The summed E-state index contributed by atoms with van der Waals surface area (Å²) in [7, 11) is -3.14. The van der Waals surface area contributed by atoms with Gasteiger partial charge in [0.25, 0.3) is 0 Å². The van der Waals surface area contributed by atoms with Crippen molar-refractivity contribution >= 4 is 16.0 Å². The van der Waals surface area contributed by atoms with Gasteiger partial charge in [0.1, 0.15) is 5.75 Å². The van der Waals surface area contributed by atoms with Crippen molar-refractivity contribution in [1.29, 1.82) is 0 Å². The monoisotopic (exact) mass is 444 g/mol. The molecule has 0 spiro atoms. The molecule has 1 aromatic carbocycles. The van der Waals surface area contributed by atoms with Crippen LogP contribution in [-0.2, 0) is 29.4 Å². The van der Waals surface area contributed by atoms with Crippen molar-refractivity contribution in [1.82, 2.24) is 14.3 Å². The lowest BCUT2D eigenvalue weighted by molar-refractivity contribution is 0.257. The summed E-state index contributed by atoms with van der Waals surface area (Å²) in [5.74, 6) is 2.39. The number of sulfonamides is 1. The van der Waals surface area contributed by atoms with Gasteiger partial charge in [-0.05, 0) is 66.8 Å². The fraction of sp³-hybridized carbons (Fsp3) is 0.565. The smallest absolute Gasteiger partial charge is 0.225 e. The average Bonchev–Trinajstić information content (AvgIpc) is 2.78. The number of rotatable bonds is 7. The lowest BCUT2D eigenvalue weighted by Gasteiger charge is -2.32. The molecule has 4 rings (SSSR count). The number of aromatic nitrogens is 2. The minimum atomic E-state index is -3.14. The highest BCUT2D eigenvalue weighted by Gasteiger charge is 2.24. The summed E-state index contributed by atoms with van der Waals surface area (Å²) in [6.07, 6.45) is 10.1. The third-order valence-corrected chi connectivity index (χ3v) is 7.67. The van der Waals surface area contributed by atoms with E-state index in [1.807, 2.05) is 24.5 Å². The molecule has 2 aliphatic heterocycles. The topological polar surface area (TPSA) is 75.6 Å². The Bertz CT molecular complexity index is 986. The molecule has 31 heavy (non-hydrogen) atoms. The Morgan fingerprint density at radius 3 is 2.52 bits per heavy atom. The minimum absolute atomic E-state index is 0.456. The van der Waals surface area contributed by atoms with Crippen LogP contribution in [0.1, 0.15) is 42.9 Å². The maximum atomic E-state index is 11.8. The van der Waals surface area contributed by atoms with E-state index in [0.29, 0.717) is 25.6 Å². The molecule has 0 atom stereocenters. The van der Waals surface area contributed by atoms with Gasteiger partial charge in [0.2, 0.25) is 16.0 Å². The van der Waals surface area contributed by atoms with Crippen molar-refractivity contribution in [3.8, 4) is 5.75 Å². The summed E-state index contributed by atoms with van der Waals surface area (Å²) in [6, 6.07) is 6.05. The summed E-state index contributed by atoms with van der Waals surface area (Å²) in [5, 5.41) is 0. The molecule has 0 amide bonds. The molecule has 0 N–H and O–H groups in total. The molecule has 1 fully saturated rings. The van der Waals surface area contributed by atoms with Gasteiger partial charge in [0.05, 0.1) is 12.9 Å². The first kappa shape index (κ1) is 22.0. The molecule has 8 heteroatoms. The predicted octanol–water partition coefficient (Wildman–Crippen LogP) is 3.04. The molecule has 0 radical (unpaired) electrons. The van der Waals surface area contributed by atoms with Crippen LogP contribution in [0.4, 0.5) is 5.95 Å². The zero-order valence-corrected chi connectivity index (χ0v) is 19.3. The van der Waals surface area contributed by atoms with Crippen molar-refractivity contribution in [3.05, 3.63) is 47.3 Å². The van der Waals surface area contributed by atoms with Crippen molar-refractivity contribution < 1.29 is 13.2 Å². The van der Waals surface area contributed by atoms with Gasteiger partial charge in [-0.2, -0.15) is 4.31 Å². The lowest BCUT2D eigenvalue weighted by Crippen LogP contribution is -2.35. The Kier molecular flexibility index (Phi) is 6.77. The second-order valence-electron chi connectivity index (χ2n) is 8.59. The molecular weight excluding hydrogens is 412 g/mol. The fourth-order valence-corrected chi connectivity index (χ4v) is 5.13. The molecule has 0 unspecified atom stereocenters. The number of aryl methyl sites for hydroxylation is 1. The Labute approximate surface area is 185 Å². The van der Waals surface area contributed by atoms with Gasteiger partial charge in [0, 0.05) is 38.6 Å². The molecule has 3 heterocycles. The molecule has 0 saturated carbocycles. The van der Waals surface area contributed by atoms with Crippen molar-refractivity contribution in [2.24, 2.45) is 5.92 Å². The largest absolute Gasteiger partial charge is 0.494 e. The van der Waals surface area contributed by atoms with E-state index in [-0.39, 0.29) is 0 Å². The van der Waals surface area contributed by atoms with Gasteiger partial charge < -0.3 is 9.64 Å². The van der Waals surface area contributed by atoms with E-state index in [9.17, 15) is 8.42 Å². The Morgan fingerprint density at radius 1 is 1.10 bits per heavy atom. The van der Waals surface area contributed by atoms with E-state index in [1.165, 1.54) is 21.7 Å². The van der Waals surface area contributed by atoms with Crippen LogP contribution in [0, 0.1) is 5.92 Å². The molecule has 2 aliphatic rings. The van der Waals surface area contributed by atoms with E-state index >= 15 is 0 Å². The van der Waals surface area contributed by atoms with Crippen LogP contribution < -0.4 is 9.64 Å². The summed E-state index contributed by atoms with van der Waals surface area (Å²) in [4.78, 5) is 11.3. The molecule has 1 aromatic heterocycles. The number of fused-ring (bicyclic) bond motifs is 1. The highest BCUT2D eigenvalue weighted by molar-refractivity contribution is 7.88. The molecule has 0 aliphatic carbocycles. The van der Waals surface area contributed by atoms with Crippen LogP contribution in [0.2, 0.25) is 0 Å². The quantitative estimate of drug-likeness (QED) is 0.653. The van der Waals surface area contributed by atoms with Gasteiger partial charge >= 0.3 is 0 Å². The highest BCUT2D eigenvalue weighted by atomic mass is 32.2. The zero-order chi connectivity index (χ0) is 21.8. The molecule has 0 bridgehead atoms. The van der Waals surface area contributed by atoms with Crippen LogP contribution in [0.5, 0.6) is 5.75 Å². The maximum Gasteiger partial charge on any atom is 0.225 e. The predicted molar refractivity (Wildman–Crippen MR) is 122 cm³/mol. The number of hydrogen-bond acceptors (Lipinski definition) is 6. The Morgan fingerprint density at radius 2 is 1.84 bits per heavy atom. The highest BCUT2D eigenvalue weighted by Crippen LogP contribution is 2.27. The third kappa shape index (κ3) is 5.54. The van der Waals surface area contributed by atoms with E-state index in [0.717, 1.165) is 62.5 Å². The minimum Gasteiger partial charge on any atom is -0.494 e. The maximum absolute atomic E-state index is 11.8. The van der Waals surface area contributed by atoms with E-state index in [2.05, 4.69) is 27.9 Å². The lowest BCUT2D eigenvalue weighted by atomic mass is 9.94. The Balaban J connectivity index is 1.22. The molecular formula is C23H32N4O3S. The summed E-state index contributed by atoms with van der Waals surface area (Å²) in [6.45, 7) is 5.80. The SMILES string of the molecule is CCc1cnc(N2CCC(CCOc3ccc4c(c3)CCN(S(C)(=O)=O)C4)CC2)nc1. The van der Waals surface area contributed by atoms with E-state index < -0.39 is 10.0 Å². The third-order valence-electron chi connectivity index (χ3n) is 6.42. The number of piperidine rings is 1. The first-order valence-corrected chi connectivity index (χ1v) is 13.0. The van der Waals surface area contributed by atoms with E-state index in [1.54, 1.807) is 0 Å². The second-order valence-corrected chi connectivity index (χ2v) is 10.6. The molecule has 1 saturated heterocycles. The second kappa shape index (κ2) is 9.53. The summed E-state index contributed by atoms with van der Waals surface area (Å²) < 4.78 is 31.1. The van der Waals surface area contributed by atoms with Gasteiger partial charge in [-0.3, -0.25) is 0 Å².